The third-order valence-corrected chi connectivity index (χ3v) is 4.13. The van der Waals surface area contributed by atoms with Gasteiger partial charge >= 0.3 is 24.0 Å². The minimum absolute atomic E-state index is 0. The molecule has 0 radical (unpaired) electrons. The SMILES string of the molecule is COC(=O)[C@@H](N)Cc1ccccc1.COC(=O)[C@H](Cc1ccccc1)NC(=O)C(F)(F)F.Cl. The van der Waals surface area contributed by atoms with Crippen molar-refractivity contribution >= 4 is 30.3 Å². The number of rotatable bonds is 7. The highest BCUT2D eigenvalue weighted by molar-refractivity contribution is 5.87. The molecule has 182 valence electrons. The molecule has 11 heteroatoms. The highest BCUT2D eigenvalue weighted by atomic mass is 35.5. The first-order valence-electron chi connectivity index (χ1n) is 9.45. The molecule has 0 saturated heterocycles. The van der Waals surface area contributed by atoms with Crippen molar-refractivity contribution in [2.45, 2.75) is 31.1 Å². The van der Waals surface area contributed by atoms with E-state index in [4.69, 9.17) is 5.73 Å². The number of nitrogens with one attached hydrogen (secondary N) is 1. The molecular weight excluding hydrogens is 465 g/mol. The van der Waals surface area contributed by atoms with Gasteiger partial charge in [-0.3, -0.25) is 9.59 Å². The molecule has 0 fully saturated rings. The summed E-state index contributed by atoms with van der Waals surface area (Å²) in [4.78, 5) is 33.2. The first-order valence-corrected chi connectivity index (χ1v) is 9.45. The fraction of sp³-hybridized carbons (Fsp3) is 0.318. The lowest BCUT2D eigenvalue weighted by molar-refractivity contribution is -0.175. The molecule has 0 saturated carbocycles. The summed E-state index contributed by atoms with van der Waals surface area (Å²) in [5.41, 5.74) is 7.24. The van der Waals surface area contributed by atoms with Gasteiger partial charge in [-0.1, -0.05) is 60.7 Å². The third kappa shape index (κ3) is 11.4. The largest absolute Gasteiger partial charge is 0.471 e. The lowest BCUT2D eigenvalue weighted by Crippen LogP contribution is -2.48. The molecule has 1 amide bonds. The molecule has 2 aromatic carbocycles. The molecule has 0 spiro atoms. The zero-order chi connectivity index (χ0) is 24.1. The van der Waals surface area contributed by atoms with Crippen LogP contribution in [-0.2, 0) is 36.7 Å². The molecule has 0 aliphatic rings. The number of halogens is 4. The van der Waals surface area contributed by atoms with Crippen molar-refractivity contribution in [1.82, 2.24) is 5.32 Å². The smallest absolute Gasteiger partial charge is 0.468 e. The van der Waals surface area contributed by atoms with Gasteiger partial charge in [-0.25, -0.2) is 4.79 Å². The minimum atomic E-state index is -5.04. The molecule has 0 heterocycles. The summed E-state index contributed by atoms with van der Waals surface area (Å²) < 4.78 is 45.4. The zero-order valence-electron chi connectivity index (χ0n) is 18.0. The fourth-order valence-electron chi connectivity index (χ4n) is 2.53. The average Bonchev–Trinajstić information content (AvgIpc) is 2.78. The van der Waals surface area contributed by atoms with Crippen LogP contribution in [0.4, 0.5) is 13.2 Å². The number of carbonyl (C=O) groups is 3. The Morgan fingerprint density at radius 3 is 1.67 bits per heavy atom. The van der Waals surface area contributed by atoms with E-state index in [1.165, 1.54) is 7.11 Å². The predicted octanol–water partition coefficient (Wildman–Crippen LogP) is 2.60. The number of benzene rings is 2. The first kappa shape index (κ1) is 29.9. The van der Waals surface area contributed by atoms with Gasteiger partial charge in [-0.2, -0.15) is 13.2 Å². The van der Waals surface area contributed by atoms with Crippen molar-refractivity contribution in [3.8, 4) is 0 Å². The van der Waals surface area contributed by atoms with E-state index in [0.717, 1.165) is 12.7 Å². The fourth-order valence-corrected chi connectivity index (χ4v) is 2.53. The molecule has 2 atom stereocenters. The number of esters is 2. The summed E-state index contributed by atoms with van der Waals surface area (Å²) in [6.07, 6.45) is -4.59. The Hall–Kier alpha value is -3.11. The van der Waals surface area contributed by atoms with Gasteiger partial charge in [-0.05, 0) is 17.5 Å². The lowest BCUT2D eigenvalue weighted by atomic mass is 10.1. The van der Waals surface area contributed by atoms with Gasteiger partial charge in [0.1, 0.15) is 12.1 Å². The maximum atomic E-state index is 12.2. The summed E-state index contributed by atoms with van der Waals surface area (Å²) >= 11 is 0. The van der Waals surface area contributed by atoms with E-state index in [-0.39, 0.29) is 24.8 Å². The molecule has 2 aromatic rings. The number of hydrogen-bond donors (Lipinski definition) is 2. The molecule has 2 rings (SSSR count). The summed E-state index contributed by atoms with van der Waals surface area (Å²) in [5, 5.41) is 1.62. The monoisotopic (exact) mass is 490 g/mol. The summed E-state index contributed by atoms with van der Waals surface area (Å²) in [7, 11) is 2.38. The van der Waals surface area contributed by atoms with Crippen molar-refractivity contribution in [3.05, 3.63) is 71.8 Å². The predicted molar refractivity (Wildman–Crippen MR) is 118 cm³/mol. The zero-order valence-corrected chi connectivity index (χ0v) is 18.8. The second kappa shape index (κ2) is 14.9. The van der Waals surface area contributed by atoms with Crippen molar-refractivity contribution in [2.24, 2.45) is 5.73 Å². The van der Waals surface area contributed by atoms with Crippen LogP contribution in [0, 0.1) is 0 Å². The normalized spacial score (nSPS) is 12.1. The van der Waals surface area contributed by atoms with Gasteiger partial charge in [-0.15, -0.1) is 12.4 Å². The van der Waals surface area contributed by atoms with E-state index < -0.39 is 30.1 Å². The molecule has 0 unspecified atom stereocenters. The van der Waals surface area contributed by atoms with Crippen LogP contribution in [-0.4, -0.2) is 50.3 Å². The second-order valence-corrected chi connectivity index (χ2v) is 6.56. The second-order valence-electron chi connectivity index (χ2n) is 6.56. The first-order chi connectivity index (χ1) is 15.1. The Labute approximate surface area is 195 Å². The van der Waals surface area contributed by atoms with E-state index in [1.807, 2.05) is 30.3 Å². The number of amides is 1. The van der Waals surface area contributed by atoms with Crippen molar-refractivity contribution in [2.75, 3.05) is 14.2 Å². The van der Waals surface area contributed by atoms with Gasteiger partial charge in [0.15, 0.2) is 0 Å². The molecule has 0 aromatic heterocycles. The highest BCUT2D eigenvalue weighted by Crippen LogP contribution is 2.15. The summed E-state index contributed by atoms with van der Waals surface area (Å²) in [6.45, 7) is 0. The number of ether oxygens (including phenoxy) is 2. The standard InChI is InChI=1S/C12H12F3NO3.C10H13NO2.ClH/c1-19-10(17)9(16-11(18)12(13,14)15)7-8-5-3-2-4-6-8;1-13-10(12)9(11)7-8-5-3-2-4-6-8;/h2-6,9H,7H2,1H3,(H,16,18);2-6,9H,7,11H2,1H3;1H/t2*9-;/m00./s1. The molecule has 0 aliphatic carbocycles. The molecule has 3 N–H and O–H groups in total. The van der Waals surface area contributed by atoms with Gasteiger partial charge in [0.25, 0.3) is 0 Å². The van der Waals surface area contributed by atoms with E-state index in [1.54, 1.807) is 35.6 Å². The third-order valence-electron chi connectivity index (χ3n) is 4.13. The van der Waals surface area contributed by atoms with E-state index in [2.05, 4.69) is 9.47 Å². The molecule has 0 aliphatic heterocycles. The Bertz CT molecular complexity index is 867. The van der Waals surface area contributed by atoms with Gasteiger partial charge in [0.05, 0.1) is 14.2 Å². The quantitative estimate of drug-likeness (QED) is 0.578. The molecule has 33 heavy (non-hydrogen) atoms. The number of hydrogen-bond acceptors (Lipinski definition) is 6. The maximum Gasteiger partial charge on any atom is 0.471 e. The van der Waals surface area contributed by atoms with E-state index >= 15 is 0 Å². The number of methoxy groups -OCH3 is 2. The van der Waals surface area contributed by atoms with Crippen LogP contribution in [0.2, 0.25) is 0 Å². The number of nitrogens with two attached hydrogens (primary N) is 1. The average molecular weight is 491 g/mol. The van der Waals surface area contributed by atoms with Crippen LogP contribution in [0.3, 0.4) is 0 Å². The van der Waals surface area contributed by atoms with Gasteiger partial charge in [0, 0.05) is 6.42 Å². The van der Waals surface area contributed by atoms with Crippen LogP contribution < -0.4 is 11.1 Å². The number of alkyl halides is 3. The Balaban J connectivity index is 0.000000642. The Morgan fingerprint density at radius 1 is 0.848 bits per heavy atom. The Kier molecular flexibility index (Phi) is 13.5. The van der Waals surface area contributed by atoms with Gasteiger partial charge in [0.2, 0.25) is 0 Å². The molecular formula is C22H26ClF3N2O5. The summed E-state index contributed by atoms with van der Waals surface area (Å²) in [6, 6.07) is 16.0. The topological polar surface area (TPSA) is 108 Å². The van der Waals surface area contributed by atoms with E-state index in [9.17, 15) is 27.6 Å². The van der Waals surface area contributed by atoms with Crippen molar-refractivity contribution in [3.63, 3.8) is 0 Å². The van der Waals surface area contributed by atoms with Gasteiger partial charge < -0.3 is 20.5 Å². The molecule has 0 bridgehead atoms. The summed E-state index contributed by atoms with van der Waals surface area (Å²) in [5.74, 6) is -3.47. The minimum Gasteiger partial charge on any atom is -0.468 e. The van der Waals surface area contributed by atoms with Crippen LogP contribution >= 0.6 is 12.4 Å². The van der Waals surface area contributed by atoms with Crippen molar-refractivity contribution in [1.29, 1.82) is 0 Å². The molecule has 7 nitrogen and oxygen atoms in total. The van der Waals surface area contributed by atoms with Crippen LogP contribution in [0.5, 0.6) is 0 Å². The highest BCUT2D eigenvalue weighted by Gasteiger charge is 2.41. The van der Waals surface area contributed by atoms with Crippen molar-refractivity contribution < 1.29 is 37.0 Å². The number of carbonyl (C=O) groups excluding carboxylic acids is 3. The Morgan fingerprint density at radius 2 is 1.27 bits per heavy atom. The van der Waals surface area contributed by atoms with E-state index in [0.29, 0.717) is 12.0 Å². The van der Waals surface area contributed by atoms with Crippen LogP contribution in [0.15, 0.2) is 60.7 Å². The van der Waals surface area contributed by atoms with Crippen LogP contribution in [0.1, 0.15) is 11.1 Å². The lowest BCUT2D eigenvalue weighted by Gasteiger charge is -2.17. The maximum absolute atomic E-state index is 12.2. The van der Waals surface area contributed by atoms with Crippen LogP contribution in [0.25, 0.3) is 0 Å².